The third-order valence-corrected chi connectivity index (χ3v) is 2.62. The van der Waals surface area contributed by atoms with E-state index in [9.17, 15) is 0 Å². The van der Waals surface area contributed by atoms with Gasteiger partial charge in [-0.2, -0.15) is 0 Å². The number of rotatable bonds is 5. The highest BCUT2D eigenvalue weighted by Gasteiger charge is 2.01. The van der Waals surface area contributed by atoms with Crippen molar-refractivity contribution < 1.29 is 0 Å². The number of nitrogens with one attached hydrogen (secondary N) is 1. The molecular formula is C10H15N3S. The van der Waals surface area contributed by atoms with Crippen LogP contribution in [-0.4, -0.2) is 19.6 Å². The topological polar surface area (TPSA) is 50.4 Å². The molecule has 0 radical (unpaired) electrons. The Labute approximate surface area is 88.8 Å². The fourth-order valence-electron chi connectivity index (χ4n) is 1.21. The van der Waals surface area contributed by atoms with Crippen LogP contribution in [0.1, 0.15) is 5.56 Å². The average molecular weight is 209 g/mol. The quantitative estimate of drug-likeness (QED) is 0.441. The lowest BCUT2D eigenvalue weighted by atomic mass is 10.2. The minimum atomic E-state index is 0.561. The average Bonchev–Trinajstić information content (AvgIpc) is 2.19. The molecule has 0 spiro atoms. The van der Waals surface area contributed by atoms with Crippen LogP contribution in [0, 0.1) is 0 Å². The van der Waals surface area contributed by atoms with Gasteiger partial charge >= 0.3 is 0 Å². The smallest absolute Gasteiger partial charge is 0.0758 e. The molecule has 0 aliphatic carbocycles. The molecule has 1 rings (SSSR count). The molecule has 1 aromatic rings. The summed E-state index contributed by atoms with van der Waals surface area (Å²) in [5.74, 6) is 0.561. The molecule has 0 aliphatic heterocycles. The molecule has 3 nitrogen and oxygen atoms in total. The first-order chi connectivity index (χ1) is 6.81. The van der Waals surface area contributed by atoms with Gasteiger partial charge < -0.3 is 11.1 Å². The minimum absolute atomic E-state index is 0.561. The van der Waals surface area contributed by atoms with Gasteiger partial charge in [0.1, 0.15) is 0 Å². The van der Waals surface area contributed by atoms with Crippen molar-refractivity contribution in [1.29, 1.82) is 0 Å². The van der Waals surface area contributed by atoms with Crippen LogP contribution in [0.4, 0.5) is 5.69 Å². The molecule has 0 atom stereocenters. The van der Waals surface area contributed by atoms with Gasteiger partial charge in [-0.25, -0.2) is 0 Å². The van der Waals surface area contributed by atoms with Crippen molar-refractivity contribution in [3.8, 4) is 0 Å². The van der Waals surface area contributed by atoms with Crippen molar-refractivity contribution in [2.75, 3.05) is 12.9 Å². The van der Waals surface area contributed by atoms with Gasteiger partial charge in [0.15, 0.2) is 0 Å². The van der Waals surface area contributed by atoms with Crippen molar-refractivity contribution >= 4 is 24.2 Å². The van der Waals surface area contributed by atoms with Gasteiger partial charge in [-0.3, -0.25) is 4.99 Å². The van der Waals surface area contributed by atoms with Gasteiger partial charge in [-0.05, 0) is 31.5 Å². The summed E-state index contributed by atoms with van der Waals surface area (Å²) < 4.78 is 0. The van der Waals surface area contributed by atoms with Crippen molar-refractivity contribution in [3.05, 3.63) is 23.8 Å². The molecule has 3 N–H and O–H groups in total. The van der Waals surface area contributed by atoms with Crippen molar-refractivity contribution in [2.24, 2.45) is 10.7 Å². The van der Waals surface area contributed by atoms with Crippen LogP contribution in [0.2, 0.25) is 0 Å². The van der Waals surface area contributed by atoms with Crippen molar-refractivity contribution in [3.63, 3.8) is 0 Å². The zero-order valence-electron chi connectivity index (χ0n) is 8.29. The van der Waals surface area contributed by atoms with E-state index in [0.29, 0.717) is 5.88 Å². The number of hydrogen-bond acceptors (Lipinski definition) is 4. The first kappa shape index (κ1) is 11.2. The second-order valence-corrected chi connectivity index (χ2v) is 3.86. The van der Waals surface area contributed by atoms with Gasteiger partial charge in [-0.1, -0.05) is 6.07 Å². The molecule has 0 aliphatic rings. The maximum Gasteiger partial charge on any atom is 0.0758 e. The van der Waals surface area contributed by atoms with E-state index < -0.39 is 0 Å². The zero-order valence-corrected chi connectivity index (χ0v) is 9.10. The zero-order chi connectivity index (χ0) is 10.4. The van der Waals surface area contributed by atoms with E-state index in [1.54, 1.807) is 11.8 Å². The number of hydrogen-bond donors (Lipinski definition) is 2. The summed E-state index contributed by atoms with van der Waals surface area (Å²) in [6.45, 7) is 4.39. The Morgan fingerprint density at radius 2 is 2.36 bits per heavy atom. The van der Waals surface area contributed by atoms with E-state index in [1.807, 2.05) is 19.2 Å². The van der Waals surface area contributed by atoms with Crippen LogP contribution < -0.4 is 11.1 Å². The number of nitrogens with two attached hydrogens (primary N) is 1. The largest absolute Gasteiger partial charge is 0.322 e. The first-order valence-electron chi connectivity index (χ1n) is 4.39. The maximum absolute atomic E-state index is 5.49. The molecule has 0 heterocycles. The maximum atomic E-state index is 5.49. The molecule has 0 unspecified atom stereocenters. The Bertz CT molecular complexity index is 312. The van der Waals surface area contributed by atoms with Crippen LogP contribution in [-0.2, 0) is 6.54 Å². The first-order valence-corrected chi connectivity index (χ1v) is 5.37. The number of benzene rings is 1. The van der Waals surface area contributed by atoms with Gasteiger partial charge in [0, 0.05) is 17.3 Å². The lowest BCUT2D eigenvalue weighted by Gasteiger charge is -2.06. The normalized spacial score (nSPS) is 10.1. The SMILES string of the molecule is C=Nc1ccc(CNC)cc1SCN. The second kappa shape index (κ2) is 5.80. The fourth-order valence-corrected chi connectivity index (χ4v) is 1.90. The fraction of sp³-hybridized carbons (Fsp3) is 0.300. The Hall–Kier alpha value is -0.840. The Balaban J connectivity index is 2.94. The monoisotopic (exact) mass is 209 g/mol. The lowest BCUT2D eigenvalue weighted by Crippen LogP contribution is -2.04. The summed E-state index contributed by atoms with van der Waals surface area (Å²) in [5, 5.41) is 3.10. The third-order valence-electron chi connectivity index (χ3n) is 1.81. The highest BCUT2D eigenvalue weighted by atomic mass is 32.2. The number of nitrogens with zero attached hydrogens (tertiary/aromatic N) is 1. The summed E-state index contributed by atoms with van der Waals surface area (Å²) in [6.07, 6.45) is 0. The molecule has 0 aromatic heterocycles. The predicted octanol–water partition coefficient (Wildman–Crippen LogP) is 1.75. The molecule has 14 heavy (non-hydrogen) atoms. The summed E-state index contributed by atoms with van der Waals surface area (Å²) >= 11 is 1.58. The highest BCUT2D eigenvalue weighted by Crippen LogP contribution is 2.29. The van der Waals surface area contributed by atoms with Crippen molar-refractivity contribution in [1.82, 2.24) is 5.32 Å². The molecule has 0 amide bonds. The standard InChI is InChI=1S/C10H15N3S/c1-12-6-8-3-4-9(13-2)10(5-8)14-7-11/h3-5,12H,2,6-7,11H2,1H3. The Kier molecular flexibility index (Phi) is 4.65. The summed E-state index contributed by atoms with van der Waals surface area (Å²) in [6, 6.07) is 6.11. The molecule has 4 heteroatoms. The van der Waals surface area contributed by atoms with Crippen LogP contribution in [0.3, 0.4) is 0 Å². The molecule has 76 valence electrons. The third kappa shape index (κ3) is 2.83. The summed E-state index contributed by atoms with van der Waals surface area (Å²) in [4.78, 5) is 5.04. The van der Waals surface area contributed by atoms with E-state index in [4.69, 9.17) is 5.73 Å². The Morgan fingerprint density at radius 1 is 1.57 bits per heavy atom. The van der Waals surface area contributed by atoms with Gasteiger partial charge in [0.05, 0.1) is 5.69 Å². The lowest BCUT2D eigenvalue weighted by molar-refractivity contribution is 0.815. The van der Waals surface area contributed by atoms with E-state index >= 15 is 0 Å². The summed E-state index contributed by atoms with van der Waals surface area (Å²) in [7, 11) is 1.93. The number of thioether (sulfide) groups is 1. The molecule has 0 saturated carbocycles. The molecular weight excluding hydrogens is 194 g/mol. The van der Waals surface area contributed by atoms with Gasteiger partial charge in [-0.15, -0.1) is 11.8 Å². The van der Waals surface area contributed by atoms with Crippen LogP contribution in [0.5, 0.6) is 0 Å². The second-order valence-electron chi connectivity index (χ2n) is 2.80. The van der Waals surface area contributed by atoms with E-state index in [1.165, 1.54) is 5.56 Å². The minimum Gasteiger partial charge on any atom is -0.322 e. The van der Waals surface area contributed by atoms with E-state index in [0.717, 1.165) is 17.1 Å². The molecule has 0 fully saturated rings. The molecule has 1 aromatic carbocycles. The summed E-state index contributed by atoms with van der Waals surface area (Å²) in [5.41, 5.74) is 7.63. The Morgan fingerprint density at radius 3 is 2.93 bits per heavy atom. The molecule has 0 saturated heterocycles. The van der Waals surface area contributed by atoms with E-state index in [2.05, 4.69) is 23.1 Å². The van der Waals surface area contributed by atoms with Gasteiger partial charge in [0.2, 0.25) is 0 Å². The van der Waals surface area contributed by atoms with Crippen LogP contribution in [0.25, 0.3) is 0 Å². The van der Waals surface area contributed by atoms with E-state index in [-0.39, 0.29) is 0 Å². The predicted molar refractivity (Wildman–Crippen MR) is 63.3 cm³/mol. The van der Waals surface area contributed by atoms with Crippen LogP contribution in [0.15, 0.2) is 28.1 Å². The van der Waals surface area contributed by atoms with Crippen molar-refractivity contribution in [2.45, 2.75) is 11.4 Å². The highest BCUT2D eigenvalue weighted by molar-refractivity contribution is 7.99. The van der Waals surface area contributed by atoms with Gasteiger partial charge in [0.25, 0.3) is 0 Å². The number of aliphatic imine (C=N–C) groups is 1. The van der Waals surface area contributed by atoms with Crippen LogP contribution >= 0.6 is 11.8 Å². The molecule has 0 bridgehead atoms.